The molecule has 0 atom stereocenters. The van der Waals surface area contributed by atoms with E-state index in [9.17, 15) is 4.79 Å². The second kappa shape index (κ2) is 9.98. The Morgan fingerprint density at radius 1 is 1.10 bits per heavy atom. The van der Waals surface area contributed by atoms with E-state index in [1.54, 1.807) is 13.2 Å². The maximum absolute atomic E-state index is 12.6. The Morgan fingerprint density at radius 3 is 2.55 bits per heavy atom. The number of amides is 1. The SMILES string of the molecule is CCN(CC)CCNC(=O)c1ccc(C2=NC(c3ccccc3)=NC2)cc1OC. The van der Waals surface area contributed by atoms with Gasteiger partial charge in [-0.05, 0) is 25.2 Å². The number of ether oxygens (including phenoxy) is 1. The predicted octanol–water partition coefficient (Wildman–Crippen LogP) is 3.02. The van der Waals surface area contributed by atoms with Crippen LogP contribution in [-0.2, 0) is 0 Å². The number of amidine groups is 1. The summed E-state index contributed by atoms with van der Waals surface area (Å²) in [4.78, 5) is 24.1. The highest BCUT2D eigenvalue weighted by atomic mass is 16.5. The van der Waals surface area contributed by atoms with E-state index in [-0.39, 0.29) is 5.91 Å². The first-order valence-electron chi connectivity index (χ1n) is 10.0. The third kappa shape index (κ3) is 5.09. The molecule has 152 valence electrons. The smallest absolute Gasteiger partial charge is 0.255 e. The zero-order valence-electron chi connectivity index (χ0n) is 17.3. The minimum Gasteiger partial charge on any atom is -0.496 e. The van der Waals surface area contributed by atoms with Crippen LogP contribution < -0.4 is 10.1 Å². The zero-order chi connectivity index (χ0) is 20.6. The number of hydrogen-bond donors (Lipinski definition) is 1. The summed E-state index contributed by atoms with van der Waals surface area (Å²) in [5.41, 5.74) is 3.31. The molecule has 0 saturated carbocycles. The van der Waals surface area contributed by atoms with Crippen LogP contribution in [-0.4, -0.2) is 62.2 Å². The van der Waals surface area contributed by atoms with Crippen molar-refractivity contribution in [3.63, 3.8) is 0 Å². The number of aliphatic imine (C=N–C) groups is 2. The number of methoxy groups -OCH3 is 1. The van der Waals surface area contributed by atoms with Gasteiger partial charge in [0.2, 0.25) is 0 Å². The summed E-state index contributed by atoms with van der Waals surface area (Å²) in [6.45, 7) is 8.13. The highest BCUT2D eigenvalue weighted by Crippen LogP contribution is 2.22. The quantitative estimate of drug-likeness (QED) is 0.713. The van der Waals surface area contributed by atoms with Gasteiger partial charge in [0.25, 0.3) is 5.91 Å². The van der Waals surface area contributed by atoms with Gasteiger partial charge in [0.05, 0.1) is 24.9 Å². The van der Waals surface area contributed by atoms with E-state index in [4.69, 9.17) is 4.74 Å². The van der Waals surface area contributed by atoms with E-state index in [2.05, 4.69) is 34.0 Å². The molecule has 3 rings (SSSR count). The summed E-state index contributed by atoms with van der Waals surface area (Å²) in [5.74, 6) is 1.15. The van der Waals surface area contributed by atoms with Gasteiger partial charge in [-0.3, -0.25) is 9.79 Å². The minimum absolute atomic E-state index is 0.129. The molecule has 0 fully saturated rings. The van der Waals surface area contributed by atoms with Crippen molar-refractivity contribution in [3.05, 3.63) is 65.2 Å². The first kappa shape index (κ1) is 20.7. The van der Waals surface area contributed by atoms with Crippen LogP contribution in [0.25, 0.3) is 0 Å². The van der Waals surface area contributed by atoms with Crippen molar-refractivity contribution >= 4 is 17.5 Å². The maximum Gasteiger partial charge on any atom is 0.255 e. The minimum atomic E-state index is -0.129. The summed E-state index contributed by atoms with van der Waals surface area (Å²) in [6, 6.07) is 15.5. The van der Waals surface area contributed by atoms with Crippen LogP contribution >= 0.6 is 0 Å². The van der Waals surface area contributed by atoms with Crippen molar-refractivity contribution in [2.24, 2.45) is 9.98 Å². The molecular formula is C23H28N4O2. The average molecular weight is 393 g/mol. The first-order valence-corrected chi connectivity index (χ1v) is 10.0. The van der Waals surface area contributed by atoms with E-state index in [1.807, 2.05) is 42.5 Å². The number of carbonyl (C=O) groups excluding carboxylic acids is 1. The summed E-state index contributed by atoms with van der Waals surface area (Å²) >= 11 is 0. The number of rotatable bonds is 9. The number of likely N-dealkylation sites (N-methyl/N-ethyl adjacent to an activating group) is 1. The molecule has 0 unspecified atom stereocenters. The molecule has 1 aliphatic heterocycles. The molecule has 0 radical (unpaired) electrons. The van der Waals surface area contributed by atoms with E-state index >= 15 is 0 Å². The fraction of sp³-hybridized carbons (Fsp3) is 0.348. The molecular weight excluding hydrogens is 364 g/mol. The molecule has 2 aromatic carbocycles. The van der Waals surface area contributed by atoms with Crippen LogP contribution in [0, 0.1) is 0 Å². The van der Waals surface area contributed by atoms with Crippen molar-refractivity contribution in [2.45, 2.75) is 13.8 Å². The highest BCUT2D eigenvalue weighted by molar-refractivity contribution is 6.17. The van der Waals surface area contributed by atoms with Gasteiger partial charge in [0.1, 0.15) is 5.75 Å². The van der Waals surface area contributed by atoms with Crippen molar-refractivity contribution in [2.75, 3.05) is 39.8 Å². The van der Waals surface area contributed by atoms with E-state index in [1.165, 1.54) is 0 Å². The Hall–Kier alpha value is -2.99. The van der Waals surface area contributed by atoms with Gasteiger partial charge in [-0.25, -0.2) is 4.99 Å². The molecule has 0 aromatic heterocycles. The number of nitrogens with one attached hydrogen (secondary N) is 1. The summed E-state index contributed by atoms with van der Waals surface area (Å²) in [5, 5.41) is 2.98. The van der Waals surface area contributed by atoms with Crippen molar-refractivity contribution in [1.82, 2.24) is 10.2 Å². The number of nitrogens with zero attached hydrogens (tertiary/aromatic N) is 3. The summed E-state index contributed by atoms with van der Waals surface area (Å²) in [6.07, 6.45) is 0. The zero-order valence-corrected chi connectivity index (χ0v) is 17.3. The standard InChI is InChI=1S/C23H28N4O2/c1-4-27(5-2)14-13-24-23(28)19-12-11-18(15-21(19)29-3)20-16-25-22(26-20)17-9-7-6-8-10-17/h6-12,15H,4-5,13-14,16H2,1-3H3,(H,24,28). The fourth-order valence-corrected chi connectivity index (χ4v) is 3.27. The molecule has 6 nitrogen and oxygen atoms in total. The van der Waals surface area contributed by atoms with Crippen LogP contribution in [0.4, 0.5) is 0 Å². The van der Waals surface area contributed by atoms with Gasteiger partial charge in [-0.2, -0.15) is 0 Å². The Morgan fingerprint density at radius 2 is 1.86 bits per heavy atom. The third-order valence-electron chi connectivity index (χ3n) is 5.04. The molecule has 0 aliphatic carbocycles. The fourth-order valence-electron chi connectivity index (χ4n) is 3.27. The lowest BCUT2D eigenvalue weighted by Gasteiger charge is -2.18. The van der Waals surface area contributed by atoms with E-state index < -0.39 is 0 Å². The lowest BCUT2D eigenvalue weighted by molar-refractivity contribution is 0.0946. The van der Waals surface area contributed by atoms with Crippen LogP contribution in [0.2, 0.25) is 0 Å². The van der Waals surface area contributed by atoms with Crippen molar-refractivity contribution < 1.29 is 9.53 Å². The van der Waals surface area contributed by atoms with Crippen LogP contribution in [0.3, 0.4) is 0 Å². The molecule has 1 heterocycles. The van der Waals surface area contributed by atoms with Crippen molar-refractivity contribution in [3.8, 4) is 5.75 Å². The maximum atomic E-state index is 12.6. The Bertz CT molecular complexity index is 902. The first-order chi connectivity index (χ1) is 14.2. The van der Waals surface area contributed by atoms with Gasteiger partial charge in [-0.1, -0.05) is 50.2 Å². The van der Waals surface area contributed by atoms with Gasteiger partial charge in [-0.15, -0.1) is 0 Å². The lowest BCUT2D eigenvalue weighted by Crippen LogP contribution is -2.34. The van der Waals surface area contributed by atoms with E-state index in [0.29, 0.717) is 24.4 Å². The number of carbonyl (C=O) groups is 1. The molecule has 29 heavy (non-hydrogen) atoms. The molecule has 0 spiro atoms. The molecule has 1 amide bonds. The van der Waals surface area contributed by atoms with Crippen LogP contribution in [0.1, 0.15) is 35.3 Å². The largest absolute Gasteiger partial charge is 0.496 e. The van der Waals surface area contributed by atoms with Crippen LogP contribution in [0.15, 0.2) is 58.5 Å². The Balaban J connectivity index is 1.70. The predicted molar refractivity (Wildman–Crippen MR) is 117 cm³/mol. The van der Waals surface area contributed by atoms with Gasteiger partial charge in [0, 0.05) is 24.2 Å². The van der Waals surface area contributed by atoms with Gasteiger partial charge >= 0.3 is 0 Å². The number of benzene rings is 2. The van der Waals surface area contributed by atoms with Gasteiger partial charge in [0.15, 0.2) is 5.84 Å². The summed E-state index contributed by atoms with van der Waals surface area (Å²) in [7, 11) is 1.58. The van der Waals surface area contributed by atoms with Gasteiger partial charge < -0.3 is 15.0 Å². The second-order valence-corrected chi connectivity index (χ2v) is 6.76. The summed E-state index contributed by atoms with van der Waals surface area (Å²) < 4.78 is 5.48. The third-order valence-corrected chi connectivity index (χ3v) is 5.04. The molecule has 2 aromatic rings. The Kier molecular flexibility index (Phi) is 7.14. The second-order valence-electron chi connectivity index (χ2n) is 6.76. The monoisotopic (exact) mass is 392 g/mol. The van der Waals surface area contributed by atoms with Crippen molar-refractivity contribution in [1.29, 1.82) is 0 Å². The van der Waals surface area contributed by atoms with Crippen LogP contribution in [0.5, 0.6) is 5.75 Å². The topological polar surface area (TPSA) is 66.3 Å². The lowest BCUT2D eigenvalue weighted by atomic mass is 10.1. The van der Waals surface area contributed by atoms with E-state index in [0.717, 1.165) is 42.3 Å². The molecule has 1 N–H and O–H groups in total. The Labute approximate surface area is 172 Å². The number of hydrogen-bond acceptors (Lipinski definition) is 5. The molecule has 0 saturated heterocycles. The average Bonchev–Trinajstić information content (AvgIpc) is 3.27. The highest BCUT2D eigenvalue weighted by Gasteiger charge is 2.18. The molecule has 1 aliphatic rings. The normalized spacial score (nSPS) is 13.2. The molecule has 6 heteroatoms. The molecule has 0 bridgehead atoms.